The third kappa shape index (κ3) is 5.76. The number of halogens is 4. The highest BCUT2D eigenvalue weighted by Crippen LogP contribution is 2.28. The number of rotatable bonds is 8. The minimum absolute atomic E-state index is 0.120. The molecule has 11 heteroatoms. The number of alkyl halides is 3. The number of aromatic nitrogens is 4. The van der Waals surface area contributed by atoms with Crippen molar-refractivity contribution < 1.29 is 22.7 Å². The van der Waals surface area contributed by atoms with Crippen LogP contribution in [0.3, 0.4) is 0 Å². The molecule has 0 saturated carbocycles. The monoisotopic (exact) mass is 441 g/mol. The minimum atomic E-state index is -4.47. The van der Waals surface area contributed by atoms with Crippen LogP contribution in [-0.2, 0) is 19.5 Å². The molecule has 0 fully saturated rings. The van der Waals surface area contributed by atoms with E-state index in [4.69, 9.17) is 16.3 Å². The Balaban J connectivity index is 1.43. The number of ether oxygens (including phenoxy) is 1. The second-order valence-electron chi connectivity index (χ2n) is 6.47. The van der Waals surface area contributed by atoms with Crippen LogP contribution in [0.25, 0.3) is 0 Å². The number of hydrogen-bond acceptors (Lipinski definition) is 4. The number of nitrogens with zero attached hydrogens (tertiary/aromatic N) is 4. The van der Waals surface area contributed by atoms with E-state index in [1.54, 1.807) is 43.5 Å². The zero-order valence-electron chi connectivity index (χ0n) is 16.0. The Labute approximate surface area is 175 Å². The van der Waals surface area contributed by atoms with Gasteiger partial charge in [-0.15, -0.1) is 0 Å². The van der Waals surface area contributed by atoms with E-state index in [2.05, 4.69) is 15.5 Å². The van der Waals surface area contributed by atoms with E-state index in [1.165, 1.54) is 9.36 Å². The van der Waals surface area contributed by atoms with Crippen molar-refractivity contribution in [3.8, 4) is 5.75 Å². The van der Waals surface area contributed by atoms with Crippen molar-refractivity contribution in [3.63, 3.8) is 0 Å². The Bertz CT molecular complexity index is 999. The van der Waals surface area contributed by atoms with Crippen molar-refractivity contribution in [2.24, 2.45) is 0 Å². The lowest BCUT2D eigenvalue weighted by molar-refractivity contribution is -0.141. The van der Waals surface area contributed by atoms with Crippen LogP contribution in [0.2, 0.25) is 5.02 Å². The van der Waals surface area contributed by atoms with Gasteiger partial charge in [-0.1, -0.05) is 11.6 Å². The number of hydrogen-bond donors (Lipinski definition) is 1. The second kappa shape index (κ2) is 9.21. The van der Waals surface area contributed by atoms with Gasteiger partial charge in [-0.25, -0.2) is 4.68 Å². The van der Waals surface area contributed by atoms with Gasteiger partial charge < -0.3 is 10.1 Å². The number of carbonyl (C=O) groups excluding carboxylic acids is 1. The summed E-state index contributed by atoms with van der Waals surface area (Å²) < 4.78 is 46.3. The van der Waals surface area contributed by atoms with E-state index < -0.39 is 11.9 Å². The lowest BCUT2D eigenvalue weighted by Gasteiger charge is -2.07. The Morgan fingerprint density at radius 3 is 2.60 bits per heavy atom. The lowest BCUT2D eigenvalue weighted by atomic mass is 10.3. The fourth-order valence-electron chi connectivity index (χ4n) is 2.62. The normalized spacial score (nSPS) is 11.5. The van der Waals surface area contributed by atoms with Crippen LogP contribution in [0.5, 0.6) is 5.75 Å². The average molecular weight is 442 g/mol. The molecule has 0 bridgehead atoms. The van der Waals surface area contributed by atoms with Crippen LogP contribution in [0.1, 0.15) is 28.3 Å². The highest BCUT2D eigenvalue weighted by Gasteiger charge is 2.34. The van der Waals surface area contributed by atoms with Crippen molar-refractivity contribution in [2.75, 3.05) is 6.54 Å². The molecule has 160 valence electrons. The van der Waals surface area contributed by atoms with Crippen molar-refractivity contribution in [1.82, 2.24) is 24.9 Å². The van der Waals surface area contributed by atoms with Gasteiger partial charge in [0.15, 0.2) is 12.4 Å². The Morgan fingerprint density at radius 2 is 1.93 bits per heavy atom. The summed E-state index contributed by atoms with van der Waals surface area (Å²) in [6.45, 7) is 2.20. The van der Waals surface area contributed by atoms with Gasteiger partial charge in [0.05, 0.1) is 0 Å². The fraction of sp³-hybridized carbons (Fsp3) is 0.316. The highest BCUT2D eigenvalue weighted by atomic mass is 35.5. The Hall–Kier alpha value is -3.01. The maximum absolute atomic E-state index is 12.7. The zero-order valence-corrected chi connectivity index (χ0v) is 16.7. The fourth-order valence-corrected chi connectivity index (χ4v) is 2.75. The van der Waals surface area contributed by atoms with Crippen LogP contribution in [-0.4, -0.2) is 32.0 Å². The van der Waals surface area contributed by atoms with Crippen molar-refractivity contribution in [2.45, 2.75) is 32.8 Å². The molecule has 0 spiro atoms. The molecule has 30 heavy (non-hydrogen) atoms. The molecular formula is C19H19ClF3N5O2. The van der Waals surface area contributed by atoms with E-state index >= 15 is 0 Å². The van der Waals surface area contributed by atoms with Crippen molar-refractivity contribution in [3.05, 3.63) is 64.7 Å². The quantitative estimate of drug-likeness (QED) is 0.538. The van der Waals surface area contributed by atoms with Gasteiger partial charge in [0.1, 0.15) is 11.4 Å². The standard InChI is InChI=1S/C19H19ClF3N5O2/c1-13-11-17(19(21,22)23)26-28(13)9-2-8-24-18(29)16-7-10-27(25-16)12-30-15-5-3-14(20)4-6-15/h3-7,10-11H,2,8-9,12H2,1H3,(H,24,29). The predicted octanol–water partition coefficient (Wildman–Crippen LogP) is 3.92. The summed E-state index contributed by atoms with van der Waals surface area (Å²) in [5.41, 5.74) is -0.298. The van der Waals surface area contributed by atoms with Gasteiger partial charge in [0, 0.05) is 30.0 Å². The molecule has 2 heterocycles. The molecule has 1 N–H and O–H groups in total. The summed E-state index contributed by atoms with van der Waals surface area (Å²) in [6, 6.07) is 9.39. The van der Waals surface area contributed by atoms with Gasteiger partial charge in [0.25, 0.3) is 5.91 Å². The molecule has 0 radical (unpaired) electrons. The first kappa shape index (κ1) is 21.7. The maximum Gasteiger partial charge on any atom is 0.435 e. The number of aryl methyl sites for hydroxylation is 2. The van der Waals surface area contributed by atoms with Gasteiger partial charge in [-0.2, -0.15) is 23.4 Å². The molecule has 3 aromatic rings. The molecule has 0 aliphatic heterocycles. The Kier molecular flexibility index (Phi) is 6.66. The minimum Gasteiger partial charge on any atom is -0.471 e. The molecule has 7 nitrogen and oxygen atoms in total. The third-order valence-electron chi connectivity index (χ3n) is 4.15. The third-order valence-corrected chi connectivity index (χ3v) is 4.41. The molecule has 0 saturated heterocycles. The van der Waals surface area contributed by atoms with Crippen LogP contribution in [0, 0.1) is 6.92 Å². The van der Waals surface area contributed by atoms with Gasteiger partial charge in [-0.05, 0) is 49.7 Å². The largest absolute Gasteiger partial charge is 0.471 e. The van der Waals surface area contributed by atoms with E-state index in [-0.39, 0.29) is 31.4 Å². The smallest absolute Gasteiger partial charge is 0.435 e. The summed E-state index contributed by atoms with van der Waals surface area (Å²) in [4.78, 5) is 12.2. The maximum atomic E-state index is 12.7. The summed E-state index contributed by atoms with van der Waals surface area (Å²) in [5, 5.41) is 11.0. The summed E-state index contributed by atoms with van der Waals surface area (Å²) in [7, 11) is 0. The molecule has 2 aromatic heterocycles. The average Bonchev–Trinajstić information content (AvgIpc) is 3.31. The zero-order chi connectivity index (χ0) is 21.7. The molecule has 0 aliphatic carbocycles. The predicted molar refractivity (Wildman–Crippen MR) is 103 cm³/mol. The number of carbonyl (C=O) groups is 1. The topological polar surface area (TPSA) is 74.0 Å². The SMILES string of the molecule is Cc1cc(C(F)(F)F)nn1CCCNC(=O)c1ccn(COc2ccc(Cl)cc2)n1. The van der Waals surface area contributed by atoms with E-state index in [1.807, 2.05) is 0 Å². The van der Waals surface area contributed by atoms with E-state index in [9.17, 15) is 18.0 Å². The van der Waals surface area contributed by atoms with Crippen LogP contribution in [0.15, 0.2) is 42.6 Å². The molecule has 0 atom stereocenters. The molecule has 3 rings (SSSR count). The van der Waals surface area contributed by atoms with Crippen LogP contribution in [0.4, 0.5) is 13.2 Å². The Morgan fingerprint density at radius 1 is 1.20 bits per heavy atom. The van der Waals surface area contributed by atoms with Gasteiger partial charge in [-0.3, -0.25) is 9.48 Å². The molecule has 1 aromatic carbocycles. The summed E-state index contributed by atoms with van der Waals surface area (Å²) in [5.74, 6) is 0.233. The van der Waals surface area contributed by atoms with Gasteiger partial charge >= 0.3 is 6.18 Å². The first-order chi connectivity index (χ1) is 14.2. The van der Waals surface area contributed by atoms with Crippen molar-refractivity contribution in [1.29, 1.82) is 0 Å². The number of nitrogens with one attached hydrogen (secondary N) is 1. The molecule has 1 amide bonds. The molecule has 0 aliphatic rings. The van der Waals surface area contributed by atoms with Crippen LogP contribution >= 0.6 is 11.6 Å². The lowest BCUT2D eigenvalue weighted by Crippen LogP contribution is -2.26. The van der Waals surface area contributed by atoms with Gasteiger partial charge in [0.2, 0.25) is 0 Å². The summed E-state index contributed by atoms with van der Waals surface area (Å²) in [6.07, 6.45) is -2.44. The molecule has 0 unspecified atom stereocenters. The van der Waals surface area contributed by atoms with Crippen molar-refractivity contribution >= 4 is 17.5 Å². The number of amides is 1. The number of benzene rings is 1. The summed E-state index contributed by atoms with van der Waals surface area (Å²) >= 11 is 5.81. The second-order valence-corrected chi connectivity index (χ2v) is 6.91. The van der Waals surface area contributed by atoms with Crippen LogP contribution < -0.4 is 10.1 Å². The molecular weight excluding hydrogens is 423 g/mol. The van der Waals surface area contributed by atoms with E-state index in [0.29, 0.717) is 22.9 Å². The first-order valence-electron chi connectivity index (χ1n) is 9.04. The van der Waals surface area contributed by atoms with E-state index in [0.717, 1.165) is 6.07 Å². The first-order valence-corrected chi connectivity index (χ1v) is 9.42. The highest BCUT2D eigenvalue weighted by molar-refractivity contribution is 6.30.